The standard InChI is InChI=1S/C17H22FNO3/c18-13-3-5-15(6-4-13)22-10-14(20)9-19-17(21)16-8-11-1-2-12(16)7-11/h3-6,11-12,14,16,20H,1-2,7-10H2,(H,19,21). The predicted octanol–water partition coefficient (Wildman–Crippen LogP) is 2.12. The lowest BCUT2D eigenvalue weighted by Gasteiger charge is -2.21. The highest BCUT2D eigenvalue weighted by molar-refractivity contribution is 5.79. The van der Waals surface area contributed by atoms with Gasteiger partial charge < -0.3 is 15.2 Å². The second kappa shape index (κ2) is 6.65. The second-order valence-corrected chi connectivity index (χ2v) is 6.45. The molecule has 0 heterocycles. The van der Waals surface area contributed by atoms with Crippen molar-refractivity contribution in [3.8, 4) is 5.75 Å². The van der Waals surface area contributed by atoms with Gasteiger partial charge in [0.1, 0.15) is 24.3 Å². The van der Waals surface area contributed by atoms with E-state index in [1.807, 2.05) is 0 Å². The summed E-state index contributed by atoms with van der Waals surface area (Å²) < 4.78 is 18.1. The Morgan fingerprint density at radius 2 is 2.09 bits per heavy atom. The fourth-order valence-electron chi connectivity index (χ4n) is 3.70. The smallest absolute Gasteiger partial charge is 0.223 e. The second-order valence-electron chi connectivity index (χ2n) is 6.45. The third-order valence-electron chi connectivity index (χ3n) is 4.84. The Labute approximate surface area is 129 Å². The van der Waals surface area contributed by atoms with Crippen molar-refractivity contribution in [1.29, 1.82) is 0 Å². The molecule has 1 aromatic carbocycles. The van der Waals surface area contributed by atoms with Crippen LogP contribution >= 0.6 is 0 Å². The number of hydrogen-bond donors (Lipinski definition) is 2. The van der Waals surface area contributed by atoms with Crippen LogP contribution in [0.1, 0.15) is 25.7 Å². The van der Waals surface area contributed by atoms with Crippen molar-refractivity contribution < 1.29 is 19.0 Å². The van der Waals surface area contributed by atoms with Crippen LogP contribution < -0.4 is 10.1 Å². The van der Waals surface area contributed by atoms with E-state index >= 15 is 0 Å². The summed E-state index contributed by atoms with van der Waals surface area (Å²) >= 11 is 0. The quantitative estimate of drug-likeness (QED) is 0.846. The van der Waals surface area contributed by atoms with Crippen molar-refractivity contribution in [1.82, 2.24) is 5.32 Å². The first-order valence-corrected chi connectivity index (χ1v) is 7.96. The maximum Gasteiger partial charge on any atom is 0.223 e. The van der Waals surface area contributed by atoms with E-state index < -0.39 is 6.10 Å². The minimum Gasteiger partial charge on any atom is -0.491 e. The van der Waals surface area contributed by atoms with Gasteiger partial charge in [0.25, 0.3) is 0 Å². The summed E-state index contributed by atoms with van der Waals surface area (Å²) in [6.45, 7) is 0.260. The Balaban J connectivity index is 1.38. The summed E-state index contributed by atoms with van der Waals surface area (Å²) in [6.07, 6.45) is 3.85. The molecule has 1 aromatic rings. The number of fused-ring (bicyclic) bond motifs is 2. The number of ether oxygens (including phenoxy) is 1. The molecule has 2 bridgehead atoms. The Hall–Kier alpha value is -1.62. The first-order valence-electron chi connectivity index (χ1n) is 7.96. The van der Waals surface area contributed by atoms with Crippen molar-refractivity contribution >= 4 is 5.91 Å². The molecule has 2 aliphatic rings. The molecule has 0 saturated heterocycles. The van der Waals surface area contributed by atoms with Crippen LogP contribution in [0.4, 0.5) is 4.39 Å². The number of halogens is 1. The molecule has 5 heteroatoms. The van der Waals surface area contributed by atoms with Crippen molar-refractivity contribution in [3.63, 3.8) is 0 Å². The van der Waals surface area contributed by atoms with Crippen molar-refractivity contribution in [3.05, 3.63) is 30.1 Å². The molecule has 4 nitrogen and oxygen atoms in total. The molecular formula is C17H22FNO3. The lowest BCUT2D eigenvalue weighted by molar-refractivity contribution is -0.127. The molecule has 2 aliphatic carbocycles. The van der Waals surface area contributed by atoms with E-state index in [1.165, 1.54) is 43.5 Å². The Bertz CT molecular complexity index is 519. The highest BCUT2D eigenvalue weighted by Crippen LogP contribution is 2.48. The predicted molar refractivity (Wildman–Crippen MR) is 79.8 cm³/mol. The van der Waals surface area contributed by atoms with Gasteiger partial charge in [0.2, 0.25) is 5.91 Å². The summed E-state index contributed by atoms with van der Waals surface area (Å²) in [5.74, 6) is 1.63. The maximum atomic E-state index is 12.8. The van der Waals surface area contributed by atoms with Crippen LogP contribution in [0.3, 0.4) is 0 Å². The Kier molecular flexibility index (Phi) is 4.62. The van der Waals surface area contributed by atoms with Crippen molar-refractivity contribution in [2.45, 2.75) is 31.8 Å². The number of aliphatic hydroxyl groups is 1. The summed E-state index contributed by atoms with van der Waals surface area (Å²) in [5.41, 5.74) is 0. The molecule has 1 amide bonds. The molecule has 4 unspecified atom stereocenters. The molecule has 3 rings (SSSR count). The Morgan fingerprint density at radius 1 is 1.32 bits per heavy atom. The molecule has 0 spiro atoms. The van der Waals surface area contributed by atoms with Gasteiger partial charge in [-0.3, -0.25) is 4.79 Å². The van der Waals surface area contributed by atoms with Crippen molar-refractivity contribution in [2.24, 2.45) is 17.8 Å². The van der Waals surface area contributed by atoms with Gasteiger partial charge in [-0.2, -0.15) is 0 Å². The van der Waals surface area contributed by atoms with E-state index in [1.54, 1.807) is 0 Å². The molecule has 2 fully saturated rings. The fraction of sp³-hybridized carbons (Fsp3) is 0.588. The minimum atomic E-state index is -0.771. The average Bonchev–Trinajstić information content (AvgIpc) is 3.15. The monoisotopic (exact) mass is 307 g/mol. The molecular weight excluding hydrogens is 285 g/mol. The van der Waals surface area contributed by atoms with E-state index in [-0.39, 0.29) is 30.8 Å². The van der Waals surface area contributed by atoms with Gasteiger partial charge in [-0.25, -0.2) is 4.39 Å². The molecule has 2 saturated carbocycles. The topological polar surface area (TPSA) is 58.6 Å². The van der Waals surface area contributed by atoms with Gasteiger partial charge in [0.15, 0.2) is 0 Å². The number of aliphatic hydroxyl groups excluding tert-OH is 1. The molecule has 120 valence electrons. The highest BCUT2D eigenvalue weighted by atomic mass is 19.1. The number of carbonyl (C=O) groups is 1. The van der Waals surface area contributed by atoms with Gasteiger partial charge in [-0.1, -0.05) is 6.42 Å². The molecule has 0 aromatic heterocycles. The van der Waals surface area contributed by atoms with Crippen molar-refractivity contribution in [2.75, 3.05) is 13.2 Å². The van der Waals surface area contributed by atoms with E-state index in [0.29, 0.717) is 11.7 Å². The number of amides is 1. The van der Waals surface area contributed by atoms with Crippen LogP contribution in [-0.4, -0.2) is 30.3 Å². The van der Waals surface area contributed by atoms with E-state index in [4.69, 9.17) is 4.74 Å². The lowest BCUT2D eigenvalue weighted by Crippen LogP contribution is -2.40. The van der Waals surface area contributed by atoms with E-state index in [0.717, 1.165) is 12.3 Å². The van der Waals surface area contributed by atoms with Crippen LogP contribution in [0.25, 0.3) is 0 Å². The SMILES string of the molecule is O=C(NCC(O)COc1ccc(F)cc1)C1CC2CCC1C2. The summed E-state index contributed by atoms with van der Waals surface area (Å²) in [7, 11) is 0. The molecule has 0 aliphatic heterocycles. The minimum absolute atomic E-state index is 0.0630. The van der Waals surface area contributed by atoms with Gasteiger partial charge in [-0.05, 0) is 55.4 Å². The largest absolute Gasteiger partial charge is 0.491 e. The van der Waals surface area contributed by atoms with Gasteiger partial charge in [0, 0.05) is 12.5 Å². The Morgan fingerprint density at radius 3 is 2.73 bits per heavy atom. The van der Waals surface area contributed by atoms with Crippen LogP contribution in [0.2, 0.25) is 0 Å². The normalized spacial score (nSPS) is 27.6. The third kappa shape index (κ3) is 3.58. The molecule has 22 heavy (non-hydrogen) atoms. The summed E-state index contributed by atoms with van der Waals surface area (Å²) in [5, 5.41) is 12.7. The first kappa shape index (κ1) is 15.3. The number of benzene rings is 1. The zero-order valence-corrected chi connectivity index (χ0v) is 12.5. The van der Waals surface area contributed by atoms with Gasteiger partial charge in [-0.15, -0.1) is 0 Å². The van der Waals surface area contributed by atoms with Crippen LogP contribution in [0.5, 0.6) is 5.75 Å². The molecule has 0 radical (unpaired) electrons. The van der Waals surface area contributed by atoms with E-state index in [2.05, 4.69) is 5.32 Å². The van der Waals surface area contributed by atoms with Crippen LogP contribution in [0, 0.1) is 23.6 Å². The highest BCUT2D eigenvalue weighted by Gasteiger charge is 2.42. The average molecular weight is 307 g/mol. The number of carbonyl (C=O) groups excluding carboxylic acids is 1. The summed E-state index contributed by atoms with van der Waals surface area (Å²) in [4.78, 5) is 12.1. The number of nitrogens with one attached hydrogen (secondary N) is 1. The fourth-order valence-corrected chi connectivity index (χ4v) is 3.70. The molecule has 4 atom stereocenters. The van der Waals surface area contributed by atoms with Crippen LogP contribution in [0.15, 0.2) is 24.3 Å². The maximum absolute atomic E-state index is 12.8. The zero-order chi connectivity index (χ0) is 15.5. The molecule has 2 N–H and O–H groups in total. The van der Waals surface area contributed by atoms with Crippen LogP contribution in [-0.2, 0) is 4.79 Å². The van der Waals surface area contributed by atoms with Gasteiger partial charge >= 0.3 is 0 Å². The van der Waals surface area contributed by atoms with Gasteiger partial charge in [0.05, 0.1) is 0 Å². The number of rotatable bonds is 6. The first-order chi connectivity index (χ1) is 10.6. The summed E-state index contributed by atoms with van der Waals surface area (Å²) in [6, 6.07) is 5.63. The third-order valence-corrected chi connectivity index (χ3v) is 4.84. The van der Waals surface area contributed by atoms with E-state index in [9.17, 15) is 14.3 Å². The lowest BCUT2D eigenvalue weighted by atomic mass is 9.88. The zero-order valence-electron chi connectivity index (χ0n) is 12.5. The number of hydrogen-bond acceptors (Lipinski definition) is 3.